The van der Waals surface area contributed by atoms with E-state index in [1.54, 1.807) is 16.8 Å². The van der Waals surface area contributed by atoms with Crippen molar-refractivity contribution in [1.82, 2.24) is 19.3 Å². The van der Waals surface area contributed by atoms with E-state index in [0.29, 0.717) is 35.8 Å². The lowest BCUT2D eigenvalue weighted by molar-refractivity contribution is 0.270. The quantitative estimate of drug-likeness (QED) is 0.887. The average Bonchev–Trinajstić information content (AvgIpc) is 2.97. The zero-order valence-electron chi connectivity index (χ0n) is 12.3. The van der Waals surface area contributed by atoms with Gasteiger partial charge in [0.15, 0.2) is 0 Å². The van der Waals surface area contributed by atoms with Gasteiger partial charge >= 0.3 is 0 Å². The summed E-state index contributed by atoms with van der Waals surface area (Å²) in [6.45, 7) is 2.67. The summed E-state index contributed by atoms with van der Waals surface area (Å²) in [7, 11) is -3.57. The average molecular weight is 322 g/mol. The van der Waals surface area contributed by atoms with E-state index in [1.165, 1.54) is 4.31 Å². The molecular formula is C14H18N4O3S. The third-order valence-corrected chi connectivity index (χ3v) is 5.87. The Balaban J connectivity index is 1.97. The van der Waals surface area contributed by atoms with Crippen LogP contribution in [0.15, 0.2) is 29.2 Å². The molecule has 1 aromatic carbocycles. The maximum Gasteiger partial charge on any atom is 0.243 e. The van der Waals surface area contributed by atoms with E-state index in [1.807, 2.05) is 19.1 Å². The summed E-state index contributed by atoms with van der Waals surface area (Å²) in [6, 6.07) is 7.06. The van der Waals surface area contributed by atoms with Crippen molar-refractivity contribution in [3.8, 4) is 0 Å². The number of fused-ring (bicyclic) bond motifs is 1. The van der Waals surface area contributed by atoms with Crippen molar-refractivity contribution in [1.29, 1.82) is 0 Å². The van der Waals surface area contributed by atoms with Crippen molar-refractivity contribution in [3.63, 3.8) is 0 Å². The molecular weight excluding hydrogens is 304 g/mol. The van der Waals surface area contributed by atoms with Gasteiger partial charge in [-0.2, -0.15) is 4.31 Å². The van der Waals surface area contributed by atoms with E-state index in [0.717, 1.165) is 5.56 Å². The predicted molar refractivity (Wildman–Crippen MR) is 79.4 cm³/mol. The minimum atomic E-state index is -3.57. The number of rotatable bonds is 4. The molecule has 22 heavy (non-hydrogen) atoms. The first-order valence-corrected chi connectivity index (χ1v) is 8.62. The highest BCUT2D eigenvalue weighted by molar-refractivity contribution is 7.89. The van der Waals surface area contributed by atoms with Gasteiger partial charge in [-0.1, -0.05) is 30.3 Å². The molecule has 0 spiro atoms. The molecule has 0 atom stereocenters. The van der Waals surface area contributed by atoms with E-state index >= 15 is 0 Å². The first-order chi connectivity index (χ1) is 10.6. The molecule has 0 unspecified atom stereocenters. The Morgan fingerprint density at radius 2 is 2.05 bits per heavy atom. The number of hydrogen-bond acceptors (Lipinski definition) is 5. The lowest BCUT2D eigenvalue weighted by atomic mass is 10.2. The van der Waals surface area contributed by atoms with Crippen LogP contribution in [0.25, 0.3) is 0 Å². The van der Waals surface area contributed by atoms with Crippen LogP contribution >= 0.6 is 0 Å². The largest absolute Gasteiger partial charge is 0.390 e. The second-order valence-corrected chi connectivity index (χ2v) is 7.07. The molecule has 1 aliphatic rings. The fourth-order valence-corrected chi connectivity index (χ4v) is 4.37. The SMILES string of the molecule is CCc1ccccc1S(=O)(=O)N1CCn2nnc(CO)c2C1. The normalized spacial score (nSPS) is 15.7. The number of sulfonamides is 1. The van der Waals surface area contributed by atoms with Crippen molar-refractivity contribution in [2.75, 3.05) is 6.54 Å². The second kappa shape index (κ2) is 5.79. The highest BCUT2D eigenvalue weighted by Crippen LogP contribution is 2.25. The van der Waals surface area contributed by atoms with Crippen LogP contribution in [0, 0.1) is 0 Å². The molecule has 2 heterocycles. The van der Waals surface area contributed by atoms with E-state index in [9.17, 15) is 13.5 Å². The standard InChI is InChI=1S/C14H18N4O3S/c1-2-11-5-3-4-6-14(11)22(20,21)17-7-8-18-13(9-17)12(10-19)15-16-18/h3-6,19H,2,7-10H2,1H3. The highest BCUT2D eigenvalue weighted by atomic mass is 32.2. The highest BCUT2D eigenvalue weighted by Gasteiger charge is 2.31. The molecule has 0 saturated heterocycles. The summed E-state index contributed by atoms with van der Waals surface area (Å²) >= 11 is 0. The van der Waals surface area contributed by atoms with Gasteiger partial charge in [0.25, 0.3) is 0 Å². The van der Waals surface area contributed by atoms with Crippen LogP contribution < -0.4 is 0 Å². The Morgan fingerprint density at radius 1 is 1.27 bits per heavy atom. The third-order valence-electron chi connectivity index (χ3n) is 3.93. The molecule has 7 nitrogen and oxygen atoms in total. The molecule has 1 N–H and O–H groups in total. The van der Waals surface area contributed by atoms with Gasteiger partial charge in [-0.15, -0.1) is 5.10 Å². The van der Waals surface area contributed by atoms with Crippen molar-refractivity contribution in [2.24, 2.45) is 0 Å². The molecule has 0 fully saturated rings. The zero-order chi connectivity index (χ0) is 15.7. The Kier molecular flexibility index (Phi) is 3.98. The third kappa shape index (κ3) is 2.43. The molecule has 0 amide bonds. The van der Waals surface area contributed by atoms with E-state index in [4.69, 9.17) is 0 Å². The molecule has 0 bridgehead atoms. The van der Waals surface area contributed by atoms with Gasteiger partial charge in [-0.25, -0.2) is 13.1 Å². The number of aryl methyl sites for hydroxylation is 1. The van der Waals surface area contributed by atoms with Crippen LogP contribution in [0.4, 0.5) is 0 Å². The van der Waals surface area contributed by atoms with E-state index in [2.05, 4.69) is 10.3 Å². The fourth-order valence-electron chi connectivity index (χ4n) is 2.69. The van der Waals surface area contributed by atoms with Crippen LogP contribution in [-0.2, 0) is 36.1 Å². The van der Waals surface area contributed by atoms with Crippen LogP contribution in [0.3, 0.4) is 0 Å². The van der Waals surface area contributed by atoms with Crippen molar-refractivity contribution < 1.29 is 13.5 Å². The molecule has 0 aliphatic carbocycles. The molecule has 8 heteroatoms. The van der Waals surface area contributed by atoms with Gasteiger partial charge in [0.05, 0.1) is 30.3 Å². The van der Waals surface area contributed by atoms with Gasteiger partial charge in [0.1, 0.15) is 5.69 Å². The summed E-state index contributed by atoms with van der Waals surface area (Å²) < 4.78 is 28.9. The van der Waals surface area contributed by atoms with Gasteiger partial charge in [0.2, 0.25) is 10.0 Å². The monoisotopic (exact) mass is 322 g/mol. The Morgan fingerprint density at radius 3 is 2.77 bits per heavy atom. The van der Waals surface area contributed by atoms with Crippen LogP contribution in [-0.4, -0.2) is 39.4 Å². The maximum atomic E-state index is 12.9. The lowest BCUT2D eigenvalue weighted by Gasteiger charge is -2.27. The summed E-state index contributed by atoms with van der Waals surface area (Å²) in [4.78, 5) is 0.351. The summed E-state index contributed by atoms with van der Waals surface area (Å²) in [5.41, 5.74) is 1.90. The number of hydrogen-bond donors (Lipinski definition) is 1. The van der Waals surface area contributed by atoms with Gasteiger partial charge in [0, 0.05) is 6.54 Å². The van der Waals surface area contributed by atoms with Crippen LogP contribution in [0.5, 0.6) is 0 Å². The fraction of sp³-hybridized carbons (Fsp3) is 0.429. The minimum absolute atomic E-state index is 0.184. The van der Waals surface area contributed by atoms with Gasteiger partial charge < -0.3 is 5.11 Å². The molecule has 1 aliphatic heterocycles. The van der Waals surface area contributed by atoms with Gasteiger partial charge in [-0.3, -0.25) is 0 Å². The van der Waals surface area contributed by atoms with E-state index in [-0.39, 0.29) is 13.2 Å². The lowest BCUT2D eigenvalue weighted by Crippen LogP contribution is -2.39. The van der Waals surface area contributed by atoms with Crippen molar-refractivity contribution in [3.05, 3.63) is 41.2 Å². The Hall–Kier alpha value is -1.77. The number of aliphatic hydroxyl groups is 1. The predicted octanol–water partition coefficient (Wildman–Crippen LogP) is 0.537. The van der Waals surface area contributed by atoms with Crippen molar-refractivity contribution in [2.45, 2.75) is 37.9 Å². The Labute approximate surface area is 129 Å². The number of benzene rings is 1. The minimum Gasteiger partial charge on any atom is -0.390 e. The second-order valence-electron chi connectivity index (χ2n) is 5.16. The zero-order valence-corrected chi connectivity index (χ0v) is 13.1. The van der Waals surface area contributed by atoms with Crippen molar-refractivity contribution >= 4 is 10.0 Å². The number of nitrogens with zero attached hydrogens (tertiary/aromatic N) is 4. The molecule has 0 radical (unpaired) electrons. The summed E-state index contributed by atoms with van der Waals surface area (Å²) in [5, 5.41) is 17.1. The first kappa shape index (κ1) is 15.1. The topological polar surface area (TPSA) is 88.3 Å². The smallest absolute Gasteiger partial charge is 0.243 e. The molecule has 3 rings (SSSR count). The maximum absolute atomic E-state index is 12.9. The van der Waals surface area contributed by atoms with E-state index < -0.39 is 10.0 Å². The first-order valence-electron chi connectivity index (χ1n) is 7.18. The van der Waals surface area contributed by atoms with Gasteiger partial charge in [-0.05, 0) is 18.1 Å². The summed E-state index contributed by atoms with van der Waals surface area (Å²) in [6.07, 6.45) is 0.657. The molecule has 118 valence electrons. The molecule has 0 saturated carbocycles. The molecule has 2 aromatic rings. The molecule has 1 aromatic heterocycles. The Bertz CT molecular complexity index is 772. The number of aliphatic hydroxyl groups excluding tert-OH is 1. The summed E-state index contributed by atoms with van der Waals surface area (Å²) in [5.74, 6) is 0. The van der Waals surface area contributed by atoms with Crippen LogP contribution in [0.1, 0.15) is 23.9 Å². The van der Waals surface area contributed by atoms with Crippen LogP contribution in [0.2, 0.25) is 0 Å². The number of aromatic nitrogens is 3.